The number of hydrogen-bond donors (Lipinski definition) is 3. The molecule has 1 saturated carbocycles. The number of piperazine rings is 1. The van der Waals surface area contributed by atoms with E-state index in [1.165, 1.54) is 18.4 Å². The van der Waals surface area contributed by atoms with Gasteiger partial charge in [0, 0.05) is 44.6 Å². The van der Waals surface area contributed by atoms with Crippen molar-refractivity contribution in [1.29, 1.82) is 0 Å². The van der Waals surface area contributed by atoms with E-state index in [1.54, 1.807) is 17.9 Å². The lowest BCUT2D eigenvalue weighted by Crippen LogP contribution is -2.54. The van der Waals surface area contributed by atoms with Gasteiger partial charge < -0.3 is 34.9 Å². The van der Waals surface area contributed by atoms with Crippen LogP contribution in [0, 0.1) is 11.7 Å². The number of nitrogens with one attached hydrogen (secondary N) is 3. The van der Waals surface area contributed by atoms with Crippen LogP contribution in [0.4, 0.5) is 10.1 Å². The summed E-state index contributed by atoms with van der Waals surface area (Å²) in [6.45, 7) is 4.89. The smallest absolute Gasteiger partial charge is 0.255 e. The largest absolute Gasteiger partial charge is 0.466 e. The Kier molecular flexibility index (Phi) is 10.9. The minimum absolute atomic E-state index is 0.0197. The molecule has 12 heteroatoms. The first kappa shape index (κ1) is 32.6. The summed E-state index contributed by atoms with van der Waals surface area (Å²) in [5.74, 6) is -1.51. The second kappa shape index (κ2) is 15.0. The molecule has 0 unspecified atom stereocenters. The van der Waals surface area contributed by atoms with Crippen molar-refractivity contribution in [3.8, 4) is 0 Å². The predicted octanol–water partition coefficient (Wildman–Crippen LogP) is 3.37. The Hall–Kier alpha value is -3.77. The highest BCUT2D eigenvalue weighted by atomic mass is 19.1. The number of carbonyl (C=O) groups excluding carboxylic acids is 4. The molecule has 5 rings (SSSR count). The van der Waals surface area contributed by atoms with Gasteiger partial charge in [0.25, 0.3) is 5.91 Å². The van der Waals surface area contributed by atoms with Gasteiger partial charge in [-0.2, -0.15) is 0 Å². The van der Waals surface area contributed by atoms with Crippen LogP contribution in [0.2, 0.25) is 0 Å². The van der Waals surface area contributed by atoms with Gasteiger partial charge in [-0.15, -0.1) is 0 Å². The van der Waals surface area contributed by atoms with E-state index in [2.05, 4.69) is 20.9 Å². The molecule has 0 bridgehead atoms. The number of carbonyl (C=O) groups is 4. The minimum atomic E-state index is -0.864. The summed E-state index contributed by atoms with van der Waals surface area (Å²) in [6.07, 6.45) is 7.32. The molecule has 1 saturated heterocycles. The third-order valence-electron chi connectivity index (χ3n) is 9.15. The molecule has 1 aromatic heterocycles. The zero-order chi connectivity index (χ0) is 31.9. The third-order valence-corrected chi connectivity index (χ3v) is 9.15. The van der Waals surface area contributed by atoms with Crippen LogP contribution in [0.15, 0.2) is 28.9 Å². The summed E-state index contributed by atoms with van der Waals surface area (Å²) < 4.78 is 26.4. The van der Waals surface area contributed by atoms with Crippen LogP contribution in [0.5, 0.6) is 0 Å². The van der Waals surface area contributed by atoms with E-state index in [0.717, 1.165) is 51.6 Å². The first-order valence-corrected chi connectivity index (χ1v) is 16.1. The molecule has 4 amide bonds. The number of likely N-dealkylation sites (N-methyl/N-ethyl adjacent to an activating group) is 1. The molecule has 3 heterocycles. The van der Waals surface area contributed by atoms with Crippen LogP contribution in [0.3, 0.4) is 0 Å². The summed E-state index contributed by atoms with van der Waals surface area (Å²) in [7, 11) is 1.99. The molecule has 2 aliphatic heterocycles. The quantitative estimate of drug-likeness (QED) is 0.345. The maximum atomic E-state index is 15.5. The molecule has 2 atom stereocenters. The number of nitrogens with zero attached hydrogens (tertiary/aromatic N) is 2. The van der Waals surface area contributed by atoms with Crippen molar-refractivity contribution >= 4 is 29.3 Å². The van der Waals surface area contributed by atoms with Crippen LogP contribution < -0.4 is 16.0 Å². The van der Waals surface area contributed by atoms with E-state index in [1.807, 2.05) is 7.05 Å². The topological polar surface area (TPSA) is 133 Å². The van der Waals surface area contributed by atoms with Gasteiger partial charge in [0.2, 0.25) is 17.7 Å². The highest BCUT2D eigenvalue weighted by Crippen LogP contribution is 2.29. The summed E-state index contributed by atoms with van der Waals surface area (Å²) in [6, 6.07) is 2.71. The summed E-state index contributed by atoms with van der Waals surface area (Å²) in [5, 5.41) is 8.43. The SMILES string of the molecule is CCC(=O)N[C@H](Cc1ccc(NC(=O)[C@@H](NC(=O)c2coc3c2COC3)C2CCCCCC2)c(F)c1)C(=O)N1CCN(C)CC1. The standard InChI is InChI=1S/C33H44FN5O6/c1-3-29(40)35-27(33(43)39-14-12-38(2)13-15-39)17-21-10-11-26(25(34)16-21)36-32(42)30(22-8-6-4-5-7-9-22)37-31(41)24-19-45-28-20-44-18-23(24)28/h10-11,16,19,22,27,30H,3-9,12-15,17-18,20H2,1-2H3,(H,35,40)(H,36,42)(H,37,41)/t27-,30+/m1/s1. The monoisotopic (exact) mass is 625 g/mol. The Labute approximate surface area is 263 Å². The number of ether oxygens (including phenoxy) is 1. The molecular weight excluding hydrogens is 581 g/mol. The molecule has 0 radical (unpaired) electrons. The van der Waals surface area contributed by atoms with Gasteiger partial charge >= 0.3 is 0 Å². The zero-order valence-corrected chi connectivity index (χ0v) is 26.2. The second-order valence-corrected chi connectivity index (χ2v) is 12.4. The van der Waals surface area contributed by atoms with Crippen LogP contribution in [-0.4, -0.2) is 78.7 Å². The molecule has 2 aromatic rings. The fourth-order valence-corrected chi connectivity index (χ4v) is 6.38. The van der Waals surface area contributed by atoms with Gasteiger partial charge in [-0.05, 0) is 43.5 Å². The maximum Gasteiger partial charge on any atom is 0.255 e. The molecule has 3 N–H and O–H groups in total. The average molecular weight is 626 g/mol. The van der Waals surface area contributed by atoms with E-state index in [9.17, 15) is 19.2 Å². The Morgan fingerprint density at radius 2 is 1.73 bits per heavy atom. The Bertz CT molecular complexity index is 1380. The third kappa shape index (κ3) is 8.09. The van der Waals surface area contributed by atoms with Crippen LogP contribution in [-0.2, 0) is 38.8 Å². The van der Waals surface area contributed by atoms with Gasteiger partial charge in [-0.1, -0.05) is 38.7 Å². The van der Waals surface area contributed by atoms with Crippen LogP contribution in [0.1, 0.15) is 79.1 Å². The van der Waals surface area contributed by atoms with Crippen molar-refractivity contribution < 1.29 is 32.7 Å². The molecular formula is C33H44FN5O6. The van der Waals surface area contributed by atoms with Gasteiger partial charge in [-0.3, -0.25) is 19.2 Å². The molecule has 45 heavy (non-hydrogen) atoms. The molecule has 3 aliphatic rings. The number of benzene rings is 1. The summed E-state index contributed by atoms with van der Waals surface area (Å²) in [5.41, 5.74) is 1.53. The zero-order valence-electron chi connectivity index (χ0n) is 26.2. The van der Waals surface area contributed by atoms with Crippen LogP contribution in [0.25, 0.3) is 0 Å². The number of hydrogen-bond acceptors (Lipinski definition) is 7. The highest BCUT2D eigenvalue weighted by molar-refractivity contribution is 6.02. The van der Waals surface area contributed by atoms with E-state index < -0.39 is 29.7 Å². The van der Waals surface area contributed by atoms with Crippen LogP contribution >= 0.6 is 0 Å². The number of amides is 4. The Morgan fingerprint density at radius 3 is 2.42 bits per heavy atom. The molecule has 0 spiro atoms. The molecule has 1 aliphatic carbocycles. The summed E-state index contributed by atoms with van der Waals surface area (Å²) in [4.78, 5) is 56.5. The second-order valence-electron chi connectivity index (χ2n) is 12.4. The maximum absolute atomic E-state index is 15.5. The fourth-order valence-electron chi connectivity index (χ4n) is 6.38. The highest BCUT2D eigenvalue weighted by Gasteiger charge is 2.34. The lowest BCUT2D eigenvalue weighted by molar-refractivity contribution is -0.137. The Morgan fingerprint density at radius 1 is 1.00 bits per heavy atom. The van der Waals surface area contributed by atoms with Crippen molar-refractivity contribution in [2.45, 2.75) is 83.6 Å². The predicted molar refractivity (Wildman–Crippen MR) is 165 cm³/mol. The van der Waals surface area contributed by atoms with Crippen molar-refractivity contribution in [2.24, 2.45) is 5.92 Å². The summed E-state index contributed by atoms with van der Waals surface area (Å²) >= 11 is 0. The lowest BCUT2D eigenvalue weighted by Gasteiger charge is -2.34. The first-order chi connectivity index (χ1) is 21.7. The number of halogens is 1. The molecule has 244 valence electrons. The van der Waals surface area contributed by atoms with E-state index in [-0.39, 0.29) is 42.9 Å². The number of anilines is 1. The Balaban J connectivity index is 1.29. The number of furan rings is 1. The fraction of sp³-hybridized carbons (Fsp3) is 0.576. The van der Waals surface area contributed by atoms with Crippen molar-refractivity contribution in [1.82, 2.24) is 20.4 Å². The van der Waals surface area contributed by atoms with Crippen molar-refractivity contribution in [2.75, 3.05) is 38.5 Å². The minimum Gasteiger partial charge on any atom is -0.466 e. The van der Waals surface area contributed by atoms with Gasteiger partial charge in [-0.25, -0.2) is 4.39 Å². The molecule has 11 nitrogen and oxygen atoms in total. The number of rotatable bonds is 10. The van der Waals surface area contributed by atoms with E-state index in [0.29, 0.717) is 42.1 Å². The average Bonchev–Trinajstić information content (AvgIpc) is 3.56. The van der Waals surface area contributed by atoms with E-state index >= 15 is 4.39 Å². The first-order valence-electron chi connectivity index (χ1n) is 16.1. The van der Waals surface area contributed by atoms with Gasteiger partial charge in [0.05, 0.1) is 17.9 Å². The molecule has 1 aromatic carbocycles. The van der Waals surface area contributed by atoms with Gasteiger partial charge in [0.15, 0.2) is 0 Å². The normalized spacial score (nSPS) is 18.9. The van der Waals surface area contributed by atoms with Crippen molar-refractivity contribution in [3.63, 3.8) is 0 Å². The molecule has 2 fully saturated rings. The van der Waals surface area contributed by atoms with E-state index in [4.69, 9.17) is 9.15 Å². The van der Waals surface area contributed by atoms with Gasteiger partial charge in [0.1, 0.15) is 36.5 Å². The number of fused-ring (bicyclic) bond motifs is 1. The van der Waals surface area contributed by atoms with Crippen molar-refractivity contribution in [3.05, 3.63) is 52.7 Å². The lowest BCUT2D eigenvalue weighted by atomic mass is 9.90.